The van der Waals surface area contributed by atoms with Crippen molar-refractivity contribution >= 4 is 34.2 Å². The molecule has 236 valence electrons. The SMILES string of the molecule is Cn1ccc2c(=O)n(CC3(O)CCN(C(=O)[C@@H]4CCN(C(=O)c5cnc(-c6cccnc6)s5)C[C@H]4c4ccccc4)CC3)cnc21. The molecule has 2 atom stereocenters. The first-order valence-corrected chi connectivity index (χ1v) is 16.3. The van der Waals surface area contributed by atoms with Crippen LogP contribution >= 0.6 is 11.3 Å². The number of amides is 2. The lowest BCUT2D eigenvalue weighted by Crippen LogP contribution is -2.53. The van der Waals surface area contributed by atoms with Gasteiger partial charge in [-0.3, -0.25) is 23.9 Å². The molecule has 4 aromatic heterocycles. The highest BCUT2D eigenvalue weighted by molar-refractivity contribution is 7.16. The molecule has 5 aromatic rings. The highest BCUT2D eigenvalue weighted by Crippen LogP contribution is 2.36. The van der Waals surface area contributed by atoms with Crippen molar-refractivity contribution in [1.82, 2.24) is 33.9 Å². The van der Waals surface area contributed by atoms with Crippen LogP contribution in [0.15, 0.2) is 84.4 Å². The summed E-state index contributed by atoms with van der Waals surface area (Å²) in [7, 11) is 1.84. The Balaban J connectivity index is 1.04. The Morgan fingerprint density at radius 2 is 1.80 bits per heavy atom. The molecule has 0 spiro atoms. The van der Waals surface area contributed by atoms with Gasteiger partial charge in [-0.05, 0) is 43.0 Å². The van der Waals surface area contributed by atoms with Crippen molar-refractivity contribution in [3.63, 3.8) is 0 Å². The van der Waals surface area contributed by atoms with Crippen LogP contribution in [0.2, 0.25) is 0 Å². The smallest absolute Gasteiger partial charge is 0.265 e. The number of carbonyl (C=O) groups excluding carboxylic acids is 2. The summed E-state index contributed by atoms with van der Waals surface area (Å²) in [5.74, 6) is -0.498. The van der Waals surface area contributed by atoms with E-state index in [-0.39, 0.29) is 35.8 Å². The normalized spacial score (nSPS) is 19.8. The third-order valence-electron chi connectivity index (χ3n) is 9.39. The number of piperidine rings is 2. The quantitative estimate of drug-likeness (QED) is 0.302. The third-order valence-corrected chi connectivity index (χ3v) is 10.4. The zero-order valence-corrected chi connectivity index (χ0v) is 26.3. The Bertz CT molecular complexity index is 1930. The van der Waals surface area contributed by atoms with Gasteiger partial charge < -0.3 is 19.5 Å². The van der Waals surface area contributed by atoms with Crippen LogP contribution in [0, 0.1) is 5.92 Å². The van der Waals surface area contributed by atoms with Crippen LogP contribution in [0.25, 0.3) is 21.6 Å². The average Bonchev–Trinajstić information content (AvgIpc) is 3.74. The van der Waals surface area contributed by atoms with Gasteiger partial charge in [-0.2, -0.15) is 0 Å². The lowest BCUT2D eigenvalue weighted by Gasteiger charge is -2.43. The molecule has 12 heteroatoms. The molecule has 2 fully saturated rings. The molecule has 6 heterocycles. The summed E-state index contributed by atoms with van der Waals surface area (Å²) in [5.41, 5.74) is 1.19. The van der Waals surface area contributed by atoms with Crippen molar-refractivity contribution in [3.8, 4) is 10.6 Å². The molecule has 0 bridgehead atoms. The van der Waals surface area contributed by atoms with Crippen LogP contribution in [0.3, 0.4) is 0 Å². The first kappa shape index (κ1) is 30.0. The lowest BCUT2D eigenvalue weighted by molar-refractivity contribution is -0.142. The summed E-state index contributed by atoms with van der Waals surface area (Å²) < 4.78 is 3.27. The van der Waals surface area contributed by atoms with Crippen molar-refractivity contribution in [2.45, 2.75) is 37.3 Å². The van der Waals surface area contributed by atoms with E-state index in [9.17, 15) is 19.5 Å². The van der Waals surface area contributed by atoms with E-state index in [2.05, 4.69) is 15.0 Å². The van der Waals surface area contributed by atoms with Gasteiger partial charge in [0, 0.05) is 69.2 Å². The van der Waals surface area contributed by atoms with Gasteiger partial charge >= 0.3 is 0 Å². The molecule has 2 aliphatic heterocycles. The Kier molecular flexibility index (Phi) is 7.99. The molecular weight excluding hydrogens is 602 g/mol. The second-order valence-electron chi connectivity index (χ2n) is 12.3. The van der Waals surface area contributed by atoms with Gasteiger partial charge in [0.2, 0.25) is 5.91 Å². The fourth-order valence-electron chi connectivity index (χ4n) is 6.77. The molecule has 2 aliphatic rings. The third kappa shape index (κ3) is 5.74. The number of thiazole rings is 1. The Hall–Kier alpha value is -4.68. The van der Waals surface area contributed by atoms with E-state index in [0.29, 0.717) is 61.4 Å². The van der Waals surface area contributed by atoms with E-state index in [1.165, 1.54) is 22.2 Å². The fourth-order valence-corrected chi connectivity index (χ4v) is 7.64. The molecule has 0 aliphatic carbocycles. The number of nitrogens with zero attached hydrogens (tertiary/aromatic N) is 7. The van der Waals surface area contributed by atoms with Crippen LogP contribution in [-0.2, 0) is 18.4 Å². The summed E-state index contributed by atoms with van der Waals surface area (Å²) in [5, 5.41) is 12.7. The summed E-state index contributed by atoms with van der Waals surface area (Å²) in [6.45, 7) is 1.80. The first-order chi connectivity index (χ1) is 22.3. The lowest BCUT2D eigenvalue weighted by atomic mass is 9.79. The molecule has 7 rings (SSSR count). The number of hydrogen-bond donors (Lipinski definition) is 1. The van der Waals surface area contributed by atoms with E-state index >= 15 is 0 Å². The molecule has 0 radical (unpaired) electrons. The number of hydrogen-bond acceptors (Lipinski definition) is 8. The largest absolute Gasteiger partial charge is 0.388 e. The number of likely N-dealkylation sites (tertiary alicyclic amines) is 2. The van der Waals surface area contributed by atoms with Crippen LogP contribution in [0.4, 0.5) is 0 Å². The molecule has 46 heavy (non-hydrogen) atoms. The molecule has 2 amide bonds. The number of aliphatic hydroxyl groups is 1. The summed E-state index contributed by atoms with van der Waals surface area (Å²) in [6.07, 6.45) is 9.60. The van der Waals surface area contributed by atoms with Crippen molar-refractivity contribution in [2.75, 3.05) is 26.2 Å². The van der Waals surface area contributed by atoms with Crippen LogP contribution in [0.5, 0.6) is 0 Å². The number of aromatic nitrogens is 5. The van der Waals surface area contributed by atoms with E-state index in [1.54, 1.807) is 35.4 Å². The predicted octanol–water partition coefficient (Wildman–Crippen LogP) is 3.55. The molecule has 2 saturated heterocycles. The first-order valence-electron chi connectivity index (χ1n) is 15.5. The fraction of sp³-hybridized carbons (Fsp3) is 0.353. The minimum Gasteiger partial charge on any atom is -0.388 e. The van der Waals surface area contributed by atoms with Crippen molar-refractivity contribution in [2.24, 2.45) is 13.0 Å². The summed E-state index contributed by atoms with van der Waals surface area (Å²) in [6, 6.07) is 15.4. The maximum absolute atomic E-state index is 14.1. The standard InChI is InChI=1S/C34H35N7O4S/c1-38-14-9-26-29(38)37-22-41(32(26)43)21-34(45)11-16-39(17-12-34)31(42)25-10-15-40(20-27(25)23-6-3-2-4-7-23)33(44)28-19-36-30(46-28)24-8-5-13-35-18-24/h2-9,13-14,18-19,22,25,27,45H,10-12,15-17,20-21H2,1H3/t25-,27+/m1/s1. The molecule has 1 aromatic carbocycles. The van der Waals surface area contributed by atoms with Gasteiger partial charge in [-0.15, -0.1) is 11.3 Å². The van der Waals surface area contributed by atoms with Crippen molar-refractivity contribution in [3.05, 3.63) is 100 Å². The van der Waals surface area contributed by atoms with Gasteiger partial charge in [0.25, 0.3) is 11.5 Å². The van der Waals surface area contributed by atoms with E-state index in [4.69, 9.17) is 0 Å². The van der Waals surface area contributed by atoms with Gasteiger partial charge in [-0.25, -0.2) is 9.97 Å². The van der Waals surface area contributed by atoms with Gasteiger partial charge in [0.05, 0.1) is 23.7 Å². The number of fused-ring (bicyclic) bond motifs is 1. The second kappa shape index (κ2) is 12.3. The highest BCUT2D eigenvalue weighted by Gasteiger charge is 2.42. The van der Waals surface area contributed by atoms with Gasteiger partial charge in [0.15, 0.2) is 0 Å². The zero-order chi connectivity index (χ0) is 31.8. The highest BCUT2D eigenvalue weighted by atomic mass is 32.1. The molecular formula is C34H35N7O4S. The van der Waals surface area contributed by atoms with E-state index in [0.717, 1.165) is 16.1 Å². The zero-order valence-electron chi connectivity index (χ0n) is 25.5. The Labute approximate surface area is 269 Å². The monoisotopic (exact) mass is 637 g/mol. The minimum absolute atomic E-state index is 0.0456. The maximum atomic E-state index is 14.1. The predicted molar refractivity (Wildman–Crippen MR) is 174 cm³/mol. The van der Waals surface area contributed by atoms with Crippen LogP contribution < -0.4 is 5.56 Å². The number of benzene rings is 1. The second-order valence-corrected chi connectivity index (χ2v) is 13.4. The molecule has 11 nitrogen and oxygen atoms in total. The Morgan fingerprint density at radius 1 is 1.00 bits per heavy atom. The maximum Gasteiger partial charge on any atom is 0.265 e. The number of pyridine rings is 1. The van der Waals surface area contributed by atoms with Crippen molar-refractivity contribution < 1.29 is 14.7 Å². The van der Waals surface area contributed by atoms with Crippen molar-refractivity contribution in [1.29, 1.82) is 0 Å². The molecule has 0 unspecified atom stereocenters. The van der Waals surface area contributed by atoms with Gasteiger partial charge in [0.1, 0.15) is 21.9 Å². The number of aryl methyl sites for hydroxylation is 1. The number of carbonyl (C=O) groups is 2. The Morgan fingerprint density at radius 3 is 2.57 bits per heavy atom. The average molecular weight is 638 g/mol. The van der Waals surface area contributed by atoms with Crippen LogP contribution in [-0.4, -0.2) is 82.6 Å². The topological polar surface area (TPSA) is 126 Å². The van der Waals surface area contributed by atoms with E-state index in [1.807, 2.05) is 59.3 Å². The van der Waals surface area contributed by atoms with Gasteiger partial charge in [-0.1, -0.05) is 30.3 Å². The number of rotatable bonds is 6. The summed E-state index contributed by atoms with van der Waals surface area (Å²) >= 11 is 1.35. The summed E-state index contributed by atoms with van der Waals surface area (Å²) in [4.78, 5) is 58.0. The molecule has 0 saturated carbocycles. The minimum atomic E-state index is -1.12. The van der Waals surface area contributed by atoms with E-state index < -0.39 is 5.60 Å². The van der Waals surface area contributed by atoms with Crippen LogP contribution in [0.1, 0.15) is 40.4 Å². The molecule has 1 N–H and O–H groups in total.